The SMILES string of the molecule is CC1CN(CC(=O)O)c2c(N)cccc2O1. The summed E-state index contributed by atoms with van der Waals surface area (Å²) in [5.74, 6) is -0.219. The Kier molecular flexibility index (Phi) is 2.60. The summed E-state index contributed by atoms with van der Waals surface area (Å²) in [5.41, 5.74) is 7.07. The molecule has 16 heavy (non-hydrogen) atoms. The number of nitrogen functional groups attached to an aromatic ring is 1. The molecule has 1 atom stereocenters. The van der Waals surface area contributed by atoms with E-state index in [9.17, 15) is 4.79 Å². The van der Waals surface area contributed by atoms with Crippen LogP contribution >= 0.6 is 0 Å². The molecule has 0 aliphatic carbocycles. The molecule has 0 amide bonds. The van der Waals surface area contributed by atoms with Gasteiger partial charge in [0.25, 0.3) is 0 Å². The number of carbonyl (C=O) groups is 1. The average Bonchev–Trinajstić information content (AvgIpc) is 2.15. The lowest BCUT2D eigenvalue weighted by molar-refractivity contribution is -0.135. The minimum Gasteiger partial charge on any atom is -0.487 e. The number of hydrogen-bond donors (Lipinski definition) is 2. The molecule has 86 valence electrons. The van der Waals surface area contributed by atoms with Crippen LogP contribution in [0.25, 0.3) is 0 Å². The summed E-state index contributed by atoms with van der Waals surface area (Å²) in [6.45, 7) is 2.38. The highest BCUT2D eigenvalue weighted by Gasteiger charge is 2.25. The van der Waals surface area contributed by atoms with Gasteiger partial charge in [-0.3, -0.25) is 4.79 Å². The van der Waals surface area contributed by atoms with Gasteiger partial charge in [-0.1, -0.05) is 6.07 Å². The van der Waals surface area contributed by atoms with Crippen molar-refractivity contribution < 1.29 is 14.6 Å². The summed E-state index contributed by atoms with van der Waals surface area (Å²) in [4.78, 5) is 12.5. The quantitative estimate of drug-likeness (QED) is 0.728. The predicted octanol–water partition coefficient (Wildman–Crippen LogP) is 0.941. The molecule has 0 spiro atoms. The van der Waals surface area contributed by atoms with E-state index in [-0.39, 0.29) is 12.6 Å². The Labute approximate surface area is 93.4 Å². The minimum atomic E-state index is -0.872. The number of nitrogens with two attached hydrogens (primary N) is 1. The first-order chi connectivity index (χ1) is 7.58. The van der Waals surface area contributed by atoms with Crippen LogP contribution in [0, 0.1) is 0 Å². The van der Waals surface area contributed by atoms with Crippen LogP contribution in [0.15, 0.2) is 18.2 Å². The van der Waals surface area contributed by atoms with Gasteiger partial charge in [-0.05, 0) is 19.1 Å². The lowest BCUT2D eigenvalue weighted by atomic mass is 10.1. The van der Waals surface area contributed by atoms with Crippen LogP contribution < -0.4 is 15.4 Å². The molecule has 1 unspecified atom stereocenters. The van der Waals surface area contributed by atoms with E-state index >= 15 is 0 Å². The summed E-state index contributed by atoms with van der Waals surface area (Å²) in [6.07, 6.45) is -0.0337. The number of ether oxygens (including phenoxy) is 1. The van der Waals surface area contributed by atoms with Gasteiger partial charge < -0.3 is 20.5 Å². The molecule has 0 saturated heterocycles. The first kappa shape index (κ1) is 10.6. The van der Waals surface area contributed by atoms with Crippen LogP contribution in [0.2, 0.25) is 0 Å². The molecule has 1 aromatic carbocycles. The maximum Gasteiger partial charge on any atom is 0.323 e. The smallest absolute Gasteiger partial charge is 0.323 e. The molecule has 5 nitrogen and oxygen atoms in total. The fraction of sp³-hybridized carbons (Fsp3) is 0.364. The van der Waals surface area contributed by atoms with E-state index in [0.29, 0.717) is 23.7 Å². The zero-order valence-electron chi connectivity index (χ0n) is 9.01. The van der Waals surface area contributed by atoms with Gasteiger partial charge >= 0.3 is 5.97 Å². The van der Waals surface area contributed by atoms with E-state index in [1.54, 1.807) is 23.1 Å². The zero-order valence-corrected chi connectivity index (χ0v) is 9.01. The molecular weight excluding hydrogens is 208 g/mol. The molecule has 0 saturated carbocycles. The lowest BCUT2D eigenvalue weighted by Gasteiger charge is -2.34. The first-order valence-corrected chi connectivity index (χ1v) is 5.10. The second-order valence-electron chi connectivity index (χ2n) is 3.90. The summed E-state index contributed by atoms with van der Waals surface area (Å²) >= 11 is 0. The van der Waals surface area contributed by atoms with Crippen LogP contribution in [-0.4, -0.2) is 30.3 Å². The number of rotatable bonds is 2. The Morgan fingerprint density at radius 2 is 2.44 bits per heavy atom. The minimum absolute atomic E-state index is 0.0337. The number of carboxylic acids is 1. The van der Waals surface area contributed by atoms with Crippen molar-refractivity contribution in [1.29, 1.82) is 0 Å². The molecule has 1 aromatic rings. The summed E-state index contributed by atoms with van der Waals surface area (Å²) in [6, 6.07) is 5.34. The molecular formula is C11H14N2O3. The van der Waals surface area contributed by atoms with E-state index in [1.165, 1.54) is 0 Å². The van der Waals surface area contributed by atoms with Gasteiger partial charge in [0.05, 0.1) is 12.2 Å². The van der Waals surface area contributed by atoms with Crippen LogP contribution in [0.3, 0.4) is 0 Å². The molecule has 0 radical (unpaired) electrons. The highest BCUT2D eigenvalue weighted by atomic mass is 16.5. The van der Waals surface area contributed by atoms with Crippen LogP contribution in [0.1, 0.15) is 6.92 Å². The third-order valence-electron chi connectivity index (χ3n) is 2.48. The topological polar surface area (TPSA) is 75.8 Å². The van der Waals surface area contributed by atoms with Crippen LogP contribution in [0.5, 0.6) is 5.75 Å². The van der Waals surface area contributed by atoms with Crippen molar-refractivity contribution in [3.05, 3.63) is 18.2 Å². The van der Waals surface area contributed by atoms with Crippen LogP contribution in [-0.2, 0) is 4.79 Å². The number of aliphatic carboxylic acids is 1. The van der Waals surface area contributed by atoms with E-state index in [0.717, 1.165) is 0 Å². The third-order valence-corrected chi connectivity index (χ3v) is 2.48. The Morgan fingerprint density at radius 3 is 3.12 bits per heavy atom. The Bertz CT molecular complexity index is 420. The molecule has 1 aliphatic rings. The molecule has 3 N–H and O–H groups in total. The van der Waals surface area contributed by atoms with Crippen molar-refractivity contribution >= 4 is 17.3 Å². The summed E-state index contributed by atoms with van der Waals surface area (Å²) in [5, 5.41) is 8.85. The van der Waals surface area contributed by atoms with Gasteiger partial charge in [0.2, 0.25) is 0 Å². The second kappa shape index (κ2) is 3.92. The Morgan fingerprint density at radius 1 is 1.69 bits per heavy atom. The summed E-state index contributed by atoms with van der Waals surface area (Å²) < 4.78 is 5.61. The van der Waals surface area contributed by atoms with Crippen molar-refractivity contribution in [2.75, 3.05) is 23.7 Å². The number of nitrogens with zero attached hydrogens (tertiary/aromatic N) is 1. The van der Waals surface area contributed by atoms with Gasteiger partial charge in [-0.2, -0.15) is 0 Å². The molecule has 0 fully saturated rings. The first-order valence-electron chi connectivity index (χ1n) is 5.10. The van der Waals surface area contributed by atoms with Gasteiger partial charge in [0.15, 0.2) is 0 Å². The van der Waals surface area contributed by atoms with Crippen LogP contribution in [0.4, 0.5) is 11.4 Å². The van der Waals surface area contributed by atoms with E-state index < -0.39 is 5.97 Å². The zero-order chi connectivity index (χ0) is 11.7. The third kappa shape index (κ3) is 1.88. The maximum atomic E-state index is 10.8. The van der Waals surface area contributed by atoms with E-state index in [1.807, 2.05) is 6.92 Å². The summed E-state index contributed by atoms with van der Waals surface area (Å²) in [7, 11) is 0. The molecule has 0 bridgehead atoms. The fourth-order valence-corrected chi connectivity index (χ4v) is 1.94. The molecule has 2 rings (SSSR count). The van der Waals surface area contributed by atoms with E-state index in [2.05, 4.69) is 0 Å². The monoisotopic (exact) mass is 222 g/mol. The highest BCUT2D eigenvalue weighted by Crippen LogP contribution is 2.37. The lowest BCUT2D eigenvalue weighted by Crippen LogP contribution is -2.41. The number of para-hydroxylation sites is 1. The van der Waals surface area contributed by atoms with E-state index in [4.69, 9.17) is 15.6 Å². The molecule has 1 heterocycles. The van der Waals surface area contributed by atoms with Gasteiger partial charge in [0.1, 0.15) is 24.1 Å². The number of benzene rings is 1. The highest BCUT2D eigenvalue weighted by molar-refractivity contribution is 5.81. The van der Waals surface area contributed by atoms with Gasteiger partial charge in [0, 0.05) is 0 Å². The number of carboxylic acid groups (broad SMARTS) is 1. The number of hydrogen-bond acceptors (Lipinski definition) is 4. The van der Waals surface area contributed by atoms with Crippen molar-refractivity contribution in [1.82, 2.24) is 0 Å². The fourth-order valence-electron chi connectivity index (χ4n) is 1.94. The van der Waals surface area contributed by atoms with Gasteiger partial charge in [-0.25, -0.2) is 0 Å². The number of fused-ring (bicyclic) bond motifs is 1. The van der Waals surface area contributed by atoms with Crippen molar-refractivity contribution in [2.24, 2.45) is 0 Å². The molecule has 5 heteroatoms. The standard InChI is InChI=1S/C11H14N2O3/c1-7-5-13(6-10(14)15)11-8(12)3-2-4-9(11)16-7/h2-4,7H,5-6,12H2,1H3,(H,14,15). The Balaban J connectivity index is 2.39. The second-order valence-corrected chi connectivity index (χ2v) is 3.90. The Hall–Kier alpha value is -1.91. The van der Waals surface area contributed by atoms with Crippen molar-refractivity contribution in [3.8, 4) is 5.75 Å². The average molecular weight is 222 g/mol. The molecule has 1 aliphatic heterocycles. The predicted molar refractivity (Wildman–Crippen MR) is 60.8 cm³/mol. The van der Waals surface area contributed by atoms with Crippen molar-refractivity contribution in [2.45, 2.75) is 13.0 Å². The maximum absolute atomic E-state index is 10.8. The van der Waals surface area contributed by atoms with Gasteiger partial charge in [-0.15, -0.1) is 0 Å². The van der Waals surface area contributed by atoms with Crippen molar-refractivity contribution in [3.63, 3.8) is 0 Å². The number of anilines is 2. The normalized spacial score (nSPS) is 18.8. The largest absolute Gasteiger partial charge is 0.487 e. The molecule has 0 aromatic heterocycles.